The number of esters is 1. The highest BCUT2D eigenvalue weighted by molar-refractivity contribution is 6.31. The Balaban J connectivity index is 1.93. The van der Waals surface area contributed by atoms with Crippen LogP contribution >= 0.6 is 11.6 Å². The molecule has 0 amide bonds. The molecule has 0 bridgehead atoms. The van der Waals surface area contributed by atoms with E-state index in [-0.39, 0.29) is 17.3 Å². The molecular weight excluding hydrogens is 366 g/mol. The average molecular weight is 379 g/mol. The number of pyridine rings is 1. The third-order valence-corrected chi connectivity index (χ3v) is 3.79. The fourth-order valence-electron chi connectivity index (χ4n) is 2.54. The molecule has 1 aromatic carbocycles. The number of halogens is 3. The number of carbonyl (C=O) groups is 1. The maximum atomic E-state index is 12.5. The lowest BCUT2D eigenvalue weighted by atomic mass is 10.0. The predicted octanol–water partition coefficient (Wildman–Crippen LogP) is 4.30. The van der Waals surface area contributed by atoms with E-state index in [1.807, 2.05) is 0 Å². The molecule has 0 atom stereocenters. The molecule has 0 unspecified atom stereocenters. The summed E-state index contributed by atoms with van der Waals surface area (Å²) in [6.07, 6.45) is 2.98. The Morgan fingerprint density at radius 3 is 2.54 bits per heavy atom. The Kier molecular flexibility index (Phi) is 4.99. The van der Waals surface area contributed by atoms with Gasteiger partial charge in [0.25, 0.3) is 0 Å². The number of aliphatic imine (C=N–C) groups is 1. The van der Waals surface area contributed by atoms with Crippen molar-refractivity contribution in [1.29, 1.82) is 0 Å². The van der Waals surface area contributed by atoms with Gasteiger partial charge in [0, 0.05) is 11.2 Å². The molecule has 5 nitrogen and oxygen atoms in total. The number of cyclic esters (lactones) is 1. The topological polar surface area (TPSA) is 60.8 Å². The number of hydrogen-bond donors (Lipinski definition) is 0. The number of rotatable bonds is 4. The fourth-order valence-corrected chi connectivity index (χ4v) is 2.70. The molecule has 1 aromatic heterocycles. The quantitative estimate of drug-likeness (QED) is 0.588. The number of hydrogen-bond acceptors (Lipinski definition) is 5. The van der Waals surface area contributed by atoms with Crippen LogP contribution in [0.2, 0.25) is 5.02 Å². The number of benzene rings is 1. The molecule has 26 heavy (non-hydrogen) atoms. The predicted molar refractivity (Wildman–Crippen MR) is 92.4 cm³/mol. The summed E-state index contributed by atoms with van der Waals surface area (Å²) < 4.78 is 34.6. The largest absolute Gasteiger partial charge is 0.434 e. The summed E-state index contributed by atoms with van der Waals surface area (Å²) in [5.74, 6) is -0.469. The number of ether oxygens (including phenoxy) is 2. The van der Waals surface area contributed by atoms with Crippen LogP contribution in [-0.4, -0.2) is 23.5 Å². The van der Waals surface area contributed by atoms with E-state index in [9.17, 15) is 13.6 Å². The molecule has 8 heteroatoms. The van der Waals surface area contributed by atoms with Crippen molar-refractivity contribution in [3.63, 3.8) is 0 Å². The standard InChI is InChI=1S/C18H13ClF2N2O3/c1-9-5-11(6-10(2)15(9)25-18(20)21)7-14-17(24)26-16(23-14)13-8-12(19)3-4-22-13/h3-8,18H,1-2H3/b14-7-. The lowest BCUT2D eigenvalue weighted by molar-refractivity contribution is -0.129. The number of aryl methyl sites for hydroxylation is 2. The number of carbonyl (C=O) groups excluding carboxylic acids is 1. The molecule has 2 heterocycles. The minimum atomic E-state index is -2.90. The van der Waals surface area contributed by atoms with Gasteiger partial charge in [0.1, 0.15) is 11.4 Å². The normalized spacial score (nSPS) is 15.4. The Bertz CT molecular complexity index is 919. The molecule has 0 N–H and O–H groups in total. The van der Waals surface area contributed by atoms with Gasteiger partial charge >= 0.3 is 12.6 Å². The second-order valence-electron chi connectivity index (χ2n) is 5.56. The molecule has 134 valence electrons. The van der Waals surface area contributed by atoms with Crippen molar-refractivity contribution < 1.29 is 23.0 Å². The van der Waals surface area contributed by atoms with Crippen LogP contribution in [0.3, 0.4) is 0 Å². The van der Waals surface area contributed by atoms with E-state index in [1.165, 1.54) is 18.3 Å². The molecule has 0 saturated heterocycles. The molecule has 0 radical (unpaired) electrons. The van der Waals surface area contributed by atoms with Gasteiger partial charge in [-0.1, -0.05) is 11.6 Å². The maximum Gasteiger partial charge on any atom is 0.387 e. The van der Waals surface area contributed by atoms with Crippen LogP contribution in [-0.2, 0) is 9.53 Å². The summed E-state index contributed by atoms with van der Waals surface area (Å²) in [5, 5.41) is 0.437. The van der Waals surface area contributed by atoms with E-state index >= 15 is 0 Å². The van der Waals surface area contributed by atoms with Gasteiger partial charge in [0.15, 0.2) is 5.70 Å². The van der Waals surface area contributed by atoms with Crippen LogP contribution in [0.1, 0.15) is 22.4 Å². The SMILES string of the molecule is Cc1cc(/C=C2\N=C(c3cc(Cl)ccn3)OC2=O)cc(C)c1OC(F)F. The maximum absolute atomic E-state index is 12.5. The van der Waals surface area contributed by atoms with Gasteiger partial charge in [-0.25, -0.2) is 9.79 Å². The molecule has 0 fully saturated rings. The Morgan fingerprint density at radius 2 is 1.92 bits per heavy atom. The van der Waals surface area contributed by atoms with Gasteiger partial charge < -0.3 is 9.47 Å². The van der Waals surface area contributed by atoms with Crippen LogP contribution in [0, 0.1) is 13.8 Å². The molecule has 0 aliphatic carbocycles. The molecule has 2 aromatic rings. The summed E-state index contributed by atoms with van der Waals surface area (Å²) in [6, 6.07) is 6.36. The van der Waals surface area contributed by atoms with E-state index < -0.39 is 12.6 Å². The Labute approximate surface area is 152 Å². The summed E-state index contributed by atoms with van der Waals surface area (Å²) in [7, 11) is 0. The number of alkyl halides is 2. The smallest absolute Gasteiger partial charge is 0.387 e. The van der Waals surface area contributed by atoms with Crippen molar-refractivity contribution in [1.82, 2.24) is 4.98 Å². The van der Waals surface area contributed by atoms with E-state index in [2.05, 4.69) is 14.7 Å². The molecule has 1 aliphatic heterocycles. The average Bonchev–Trinajstić information content (AvgIpc) is 2.92. The number of nitrogens with zero attached hydrogens (tertiary/aromatic N) is 2. The van der Waals surface area contributed by atoms with Crippen molar-refractivity contribution in [2.45, 2.75) is 20.5 Å². The van der Waals surface area contributed by atoms with E-state index in [1.54, 1.807) is 32.0 Å². The Hall–Kier alpha value is -2.80. The zero-order chi connectivity index (χ0) is 18.8. The fraction of sp³-hybridized carbons (Fsp3) is 0.167. The van der Waals surface area contributed by atoms with Crippen LogP contribution in [0.4, 0.5) is 8.78 Å². The first-order valence-corrected chi connectivity index (χ1v) is 7.92. The molecule has 1 aliphatic rings. The van der Waals surface area contributed by atoms with Gasteiger partial charge in [-0.3, -0.25) is 4.98 Å². The van der Waals surface area contributed by atoms with E-state index in [4.69, 9.17) is 16.3 Å². The van der Waals surface area contributed by atoms with E-state index in [0.717, 1.165) is 0 Å². The second-order valence-corrected chi connectivity index (χ2v) is 5.99. The zero-order valence-corrected chi connectivity index (χ0v) is 14.6. The lowest BCUT2D eigenvalue weighted by Crippen LogP contribution is -2.07. The minimum Gasteiger partial charge on any atom is -0.434 e. The zero-order valence-electron chi connectivity index (χ0n) is 13.8. The van der Waals surface area contributed by atoms with Crippen molar-refractivity contribution >= 4 is 29.5 Å². The third-order valence-electron chi connectivity index (χ3n) is 3.55. The summed E-state index contributed by atoms with van der Waals surface area (Å²) in [5.41, 5.74) is 2.05. The minimum absolute atomic E-state index is 0.0508. The Morgan fingerprint density at radius 1 is 1.23 bits per heavy atom. The van der Waals surface area contributed by atoms with Crippen molar-refractivity contribution in [2.75, 3.05) is 0 Å². The highest BCUT2D eigenvalue weighted by Gasteiger charge is 2.25. The van der Waals surface area contributed by atoms with Crippen LogP contribution in [0.15, 0.2) is 41.2 Å². The van der Waals surface area contributed by atoms with Crippen molar-refractivity contribution in [3.8, 4) is 5.75 Å². The number of aromatic nitrogens is 1. The lowest BCUT2D eigenvalue weighted by Gasteiger charge is -2.12. The van der Waals surface area contributed by atoms with Crippen molar-refractivity contribution in [3.05, 3.63) is 63.6 Å². The highest BCUT2D eigenvalue weighted by Crippen LogP contribution is 2.28. The van der Waals surface area contributed by atoms with Crippen molar-refractivity contribution in [2.24, 2.45) is 4.99 Å². The molecule has 0 saturated carbocycles. The molecule has 3 rings (SSSR count). The molecular formula is C18H13ClF2N2O3. The highest BCUT2D eigenvalue weighted by atomic mass is 35.5. The van der Waals surface area contributed by atoms with Gasteiger partial charge in [0.05, 0.1) is 0 Å². The summed E-state index contributed by atoms with van der Waals surface area (Å²) in [4.78, 5) is 20.2. The first kappa shape index (κ1) is 18.0. The summed E-state index contributed by atoms with van der Waals surface area (Å²) in [6.45, 7) is 0.382. The van der Waals surface area contributed by atoms with Crippen LogP contribution in [0.5, 0.6) is 5.75 Å². The van der Waals surface area contributed by atoms with Gasteiger partial charge in [-0.2, -0.15) is 8.78 Å². The van der Waals surface area contributed by atoms with Gasteiger partial charge in [0.2, 0.25) is 5.90 Å². The van der Waals surface area contributed by atoms with Gasteiger partial charge in [-0.15, -0.1) is 0 Å². The second kappa shape index (κ2) is 7.21. The first-order valence-electron chi connectivity index (χ1n) is 7.54. The molecule has 0 spiro atoms. The van der Waals surface area contributed by atoms with E-state index in [0.29, 0.717) is 27.4 Å². The summed E-state index contributed by atoms with van der Waals surface area (Å²) >= 11 is 5.90. The monoisotopic (exact) mass is 378 g/mol. The van der Waals surface area contributed by atoms with Crippen LogP contribution < -0.4 is 4.74 Å². The first-order chi connectivity index (χ1) is 12.3. The van der Waals surface area contributed by atoms with Gasteiger partial charge in [-0.05, 0) is 60.9 Å². The third kappa shape index (κ3) is 3.88. The van der Waals surface area contributed by atoms with Crippen LogP contribution in [0.25, 0.3) is 6.08 Å².